The molecule has 0 spiro atoms. The molecule has 6 heteroatoms. The fourth-order valence-electron chi connectivity index (χ4n) is 3.49. The Hall–Kier alpha value is -2.63. The van der Waals surface area contributed by atoms with Crippen LogP contribution in [-0.4, -0.2) is 45.4 Å². The van der Waals surface area contributed by atoms with Gasteiger partial charge in [0.15, 0.2) is 0 Å². The predicted octanol–water partition coefficient (Wildman–Crippen LogP) is 1.25. The summed E-state index contributed by atoms with van der Waals surface area (Å²) >= 11 is 0. The number of carbonyl (C=O) groups excluding carboxylic acids is 2. The summed E-state index contributed by atoms with van der Waals surface area (Å²) in [6, 6.07) is 7.68. The van der Waals surface area contributed by atoms with Crippen molar-refractivity contribution in [2.24, 2.45) is 7.05 Å². The molecule has 1 aliphatic carbocycles. The second-order valence-corrected chi connectivity index (χ2v) is 6.62. The fraction of sp³-hybridized carbons (Fsp3) is 0.389. The largest absolute Gasteiger partial charge is 0.320 e. The number of aryl methyl sites for hydroxylation is 1. The monoisotopic (exact) mass is 325 g/mol. The zero-order valence-electron chi connectivity index (χ0n) is 13.8. The quantitative estimate of drug-likeness (QED) is 0.835. The van der Waals surface area contributed by atoms with Crippen molar-refractivity contribution in [3.63, 3.8) is 0 Å². The summed E-state index contributed by atoms with van der Waals surface area (Å²) in [5.74, 6) is -0.241. The van der Waals surface area contributed by atoms with Crippen LogP contribution in [0.5, 0.6) is 0 Å². The van der Waals surface area contributed by atoms with Crippen LogP contribution in [0, 0.1) is 6.92 Å². The summed E-state index contributed by atoms with van der Waals surface area (Å²) in [7, 11) is 1.71. The van der Waals surface area contributed by atoms with Gasteiger partial charge in [0.05, 0.1) is 17.7 Å². The lowest BCUT2D eigenvalue weighted by Gasteiger charge is -2.20. The molecule has 1 aromatic heterocycles. The Morgan fingerprint density at radius 1 is 1.17 bits per heavy atom. The van der Waals surface area contributed by atoms with Gasteiger partial charge in [0.25, 0.3) is 11.5 Å². The Balaban J connectivity index is 1.80. The van der Waals surface area contributed by atoms with Crippen LogP contribution in [0.25, 0.3) is 10.9 Å². The Morgan fingerprint density at radius 3 is 2.58 bits per heavy atom. The minimum Gasteiger partial charge on any atom is -0.320 e. The van der Waals surface area contributed by atoms with Crippen LogP contribution in [-0.2, 0) is 11.8 Å². The molecule has 1 aliphatic heterocycles. The normalized spacial score (nSPS) is 17.8. The number of aromatic nitrogens is 1. The first-order valence-electron chi connectivity index (χ1n) is 8.16. The van der Waals surface area contributed by atoms with E-state index in [1.807, 2.05) is 24.3 Å². The maximum Gasteiger partial charge on any atom is 0.256 e. The van der Waals surface area contributed by atoms with Crippen molar-refractivity contribution in [3.05, 3.63) is 45.7 Å². The van der Waals surface area contributed by atoms with E-state index in [1.165, 1.54) is 0 Å². The number of pyridine rings is 1. The summed E-state index contributed by atoms with van der Waals surface area (Å²) in [5, 5.41) is 0.749. The maximum atomic E-state index is 13.1. The molecule has 0 bridgehead atoms. The van der Waals surface area contributed by atoms with Gasteiger partial charge in [-0.15, -0.1) is 0 Å². The summed E-state index contributed by atoms with van der Waals surface area (Å²) in [5.41, 5.74) is 1.39. The second-order valence-electron chi connectivity index (χ2n) is 6.62. The van der Waals surface area contributed by atoms with Crippen LogP contribution in [0.2, 0.25) is 0 Å². The van der Waals surface area contributed by atoms with Crippen LogP contribution >= 0.6 is 0 Å². The van der Waals surface area contributed by atoms with E-state index in [2.05, 4.69) is 0 Å². The van der Waals surface area contributed by atoms with Crippen LogP contribution in [0.4, 0.5) is 0 Å². The molecule has 0 N–H and O–H groups in total. The van der Waals surface area contributed by atoms with Gasteiger partial charge in [-0.25, -0.2) is 0 Å². The van der Waals surface area contributed by atoms with E-state index in [-0.39, 0.29) is 30.0 Å². The van der Waals surface area contributed by atoms with Gasteiger partial charge in [-0.2, -0.15) is 0 Å². The number of amides is 2. The average molecular weight is 325 g/mol. The average Bonchev–Trinajstić information content (AvgIpc) is 3.35. The zero-order valence-corrected chi connectivity index (χ0v) is 13.8. The van der Waals surface area contributed by atoms with Crippen molar-refractivity contribution in [1.82, 2.24) is 14.4 Å². The van der Waals surface area contributed by atoms with Gasteiger partial charge in [-0.1, -0.05) is 18.2 Å². The molecule has 1 aromatic carbocycles. The number of nitrogens with zero attached hydrogens (tertiary/aromatic N) is 3. The number of fused-ring (bicyclic) bond motifs is 1. The van der Waals surface area contributed by atoms with Crippen molar-refractivity contribution >= 4 is 22.7 Å². The minimum atomic E-state index is -0.238. The van der Waals surface area contributed by atoms with Crippen LogP contribution in [0.15, 0.2) is 29.1 Å². The van der Waals surface area contributed by atoms with Gasteiger partial charge in [0, 0.05) is 24.0 Å². The van der Waals surface area contributed by atoms with Crippen LogP contribution < -0.4 is 5.56 Å². The lowest BCUT2D eigenvalue weighted by atomic mass is 10.0. The second kappa shape index (κ2) is 5.19. The number of carbonyl (C=O) groups is 2. The molecule has 2 aromatic rings. The highest BCUT2D eigenvalue weighted by molar-refractivity contribution is 6.08. The zero-order chi connectivity index (χ0) is 17.0. The van der Waals surface area contributed by atoms with Gasteiger partial charge in [-0.3, -0.25) is 14.4 Å². The Labute approximate surface area is 139 Å². The first-order chi connectivity index (χ1) is 11.5. The molecule has 0 radical (unpaired) electrons. The van der Waals surface area contributed by atoms with E-state index in [4.69, 9.17) is 0 Å². The summed E-state index contributed by atoms with van der Waals surface area (Å²) in [4.78, 5) is 41.0. The smallest absolute Gasteiger partial charge is 0.256 e. The summed E-state index contributed by atoms with van der Waals surface area (Å²) < 4.78 is 1.56. The highest BCUT2D eigenvalue weighted by atomic mass is 16.2. The third-order valence-electron chi connectivity index (χ3n) is 4.99. The molecule has 2 fully saturated rings. The van der Waals surface area contributed by atoms with Gasteiger partial charge >= 0.3 is 0 Å². The number of rotatable bonds is 2. The predicted molar refractivity (Wildman–Crippen MR) is 89.7 cm³/mol. The molecule has 2 heterocycles. The molecular weight excluding hydrogens is 306 g/mol. The first kappa shape index (κ1) is 14.9. The van der Waals surface area contributed by atoms with Crippen molar-refractivity contribution in [3.8, 4) is 0 Å². The Kier molecular flexibility index (Phi) is 3.23. The van der Waals surface area contributed by atoms with Gasteiger partial charge in [0.2, 0.25) is 5.91 Å². The summed E-state index contributed by atoms with van der Waals surface area (Å²) in [6.07, 6.45) is 2.03. The van der Waals surface area contributed by atoms with Crippen molar-refractivity contribution in [1.29, 1.82) is 0 Å². The van der Waals surface area contributed by atoms with E-state index in [9.17, 15) is 14.4 Å². The molecule has 124 valence electrons. The highest BCUT2D eigenvalue weighted by Crippen LogP contribution is 2.30. The molecule has 0 unspecified atom stereocenters. The standard InChI is InChI=1S/C18H19N3O3/c1-11-16(13-5-3-4-6-14(13)19(2)17(11)23)18(24)20-9-15(22)21(10-20)12-7-8-12/h3-6,12H,7-10H2,1-2H3. The third-order valence-corrected chi connectivity index (χ3v) is 4.99. The molecule has 0 atom stereocenters. The van der Waals surface area contributed by atoms with Gasteiger partial charge in [0.1, 0.15) is 6.54 Å². The first-order valence-corrected chi connectivity index (χ1v) is 8.16. The Bertz CT molecular complexity index is 927. The minimum absolute atomic E-state index is 0.00311. The lowest BCUT2D eigenvalue weighted by molar-refractivity contribution is -0.127. The van der Waals surface area contributed by atoms with Crippen molar-refractivity contribution < 1.29 is 9.59 Å². The van der Waals surface area contributed by atoms with Crippen molar-refractivity contribution in [2.75, 3.05) is 13.2 Å². The lowest BCUT2D eigenvalue weighted by Crippen LogP contribution is -2.34. The van der Waals surface area contributed by atoms with Crippen LogP contribution in [0.1, 0.15) is 28.8 Å². The maximum absolute atomic E-state index is 13.1. The molecule has 1 saturated heterocycles. The number of para-hydroxylation sites is 1. The molecule has 4 rings (SSSR count). The number of benzene rings is 1. The van der Waals surface area contributed by atoms with E-state index >= 15 is 0 Å². The molecule has 2 aliphatic rings. The SMILES string of the molecule is Cc1c(C(=O)N2CC(=O)N(C3CC3)C2)c2ccccc2n(C)c1=O. The molecule has 6 nitrogen and oxygen atoms in total. The topological polar surface area (TPSA) is 62.6 Å². The van der Waals surface area contributed by atoms with E-state index in [0.717, 1.165) is 23.7 Å². The van der Waals surface area contributed by atoms with E-state index in [0.29, 0.717) is 17.8 Å². The number of hydrogen-bond acceptors (Lipinski definition) is 3. The van der Waals surface area contributed by atoms with E-state index < -0.39 is 0 Å². The molecule has 24 heavy (non-hydrogen) atoms. The Morgan fingerprint density at radius 2 is 1.88 bits per heavy atom. The molecule has 1 saturated carbocycles. The highest BCUT2D eigenvalue weighted by Gasteiger charge is 2.40. The summed E-state index contributed by atoms with van der Waals surface area (Å²) in [6.45, 7) is 2.10. The molecular formula is C18H19N3O3. The third kappa shape index (κ3) is 2.13. The molecule has 2 amide bonds. The van der Waals surface area contributed by atoms with Gasteiger partial charge in [-0.05, 0) is 25.8 Å². The fourth-order valence-corrected chi connectivity index (χ4v) is 3.49. The van der Waals surface area contributed by atoms with E-state index in [1.54, 1.807) is 28.3 Å². The van der Waals surface area contributed by atoms with Gasteiger partial charge < -0.3 is 14.4 Å². The van der Waals surface area contributed by atoms with Crippen molar-refractivity contribution in [2.45, 2.75) is 25.8 Å². The van der Waals surface area contributed by atoms with Crippen LogP contribution in [0.3, 0.4) is 0 Å². The number of hydrogen-bond donors (Lipinski definition) is 0.